The molecule has 3 aromatic heterocycles. The predicted octanol–water partition coefficient (Wildman–Crippen LogP) is 7.38. The van der Waals surface area contributed by atoms with E-state index in [1.54, 1.807) is 34.0 Å². The largest absolute Gasteiger partial charge is 0.363 e. The van der Waals surface area contributed by atoms with Crippen LogP contribution >= 0.6 is 34.0 Å². The summed E-state index contributed by atoms with van der Waals surface area (Å²) in [6, 6.07) is 1.68. The summed E-state index contributed by atoms with van der Waals surface area (Å²) in [5, 5.41) is 3.78. The Morgan fingerprint density at radius 1 is 0.647 bits per heavy atom. The van der Waals surface area contributed by atoms with E-state index in [4.69, 9.17) is 0 Å². The van der Waals surface area contributed by atoms with Crippen LogP contribution in [0, 0.1) is 5.92 Å². The van der Waals surface area contributed by atoms with E-state index in [0.29, 0.717) is 24.0 Å². The van der Waals surface area contributed by atoms with Crippen LogP contribution < -0.4 is 14.7 Å². The van der Waals surface area contributed by atoms with E-state index in [0.717, 1.165) is 13.1 Å². The van der Waals surface area contributed by atoms with Crippen LogP contribution in [0.1, 0.15) is 62.3 Å². The highest BCUT2D eigenvalue weighted by Gasteiger charge is 2.13. The molecule has 0 saturated heterocycles. The van der Waals surface area contributed by atoms with Gasteiger partial charge in [0.05, 0.1) is 35.1 Å². The molecule has 192 valence electrons. The van der Waals surface area contributed by atoms with E-state index >= 15 is 0 Å². The second-order valence-electron chi connectivity index (χ2n) is 9.24. The summed E-state index contributed by atoms with van der Waals surface area (Å²) in [7, 11) is 2.08. The minimum Gasteiger partial charge on any atom is -0.363 e. The molecule has 3 rings (SSSR count). The minimum atomic E-state index is 0.556. The van der Waals surface area contributed by atoms with Gasteiger partial charge in [-0.25, -0.2) is 0 Å². The summed E-state index contributed by atoms with van der Waals surface area (Å²) < 4.78 is 0. The number of hydrogen-bond acceptors (Lipinski definition) is 9. The molecule has 3 heterocycles. The van der Waals surface area contributed by atoms with E-state index in [1.807, 2.05) is 35.1 Å². The number of aromatic nitrogens is 3. The Morgan fingerprint density at radius 2 is 1.06 bits per heavy atom. The van der Waals surface area contributed by atoms with Crippen molar-refractivity contribution in [3.05, 3.63) is 35.1 Å². The Hall–Kier alpha value is -1.71. The van der Waals surface area contributed by atoms with Gasteiger partial charge in [0, 0.05) is 38.3 Å². The molecule has 0 amide bonds. The molecule has 0 spiro atoms. The summed E-state index contributed by atoms with van der Waals surface area (Å²) >= 11 is 5.09. The quantitative estimate of drug-likeness (QED) is 0.291. The molecular formula is C25H44N6S3. The van der Waals surface area contributed by atoms with E-state index in [-0.39, 0.29) is 0 Å². The van der Waals surface area contributed by atoms with Gasteiger partial charge in [-0.15, -0.1) is 34.0 Å². The number of hydrogen-bond donors (Lipinski definition) is 0. The maximum atomic E-state index is 4.11. The van der Waals surface area contributed by atoms with Crippen molar-refractivity contribution < 1.29 is 0 Å². The Morgan fingerprint density at radius 3 is 1.35 bits per heavy atom. The van der Waals surface area contributed by atoms with Crippen molar-refractivity contribution in [1.29, 1.82) is 0 Å². The molecule has 0 fully saturated rings. The van der Waals surface area contributed by atoms with Crippen LogP contribution in [0.2, 0.25) is 0 Å². The van der Waals surface area contributed by atoms with E-state index in [1.165, 1.54) is 15.0 Å². The number of rotatable bonds is 9. The predicted molar refractivity (Wildman–Crippen MR) is 155 cm³/mol. The third-order valence-corrected chi connectivity index (χ3v) is 7.57. The van der Waals surface area contributed by atoms with Gasteiger partial charge >= 0.3 is 0 Å². The standard InChI is InChI=1S/C10H18N2S.C8H14N2S.C7H12N2S/c1-8(2)6-12(9(3)4)10-5-11-7-13-10;1-4-10(7(2)3)8-5-9-6-11-8;1-6(2)9(3)7-4-8-5-10-7/h5,7-9H,6H2,1-4H3;5-7H,4H2,1-3H3;4-6H,1-3H3. The van der Waals surface area contributed by atoms with E-state index in [2.05, 4.69) is 99.0 Å². The molecule has 9 heteroatoms. The van der Waals surface area contributed by atoms with Crippen LogP contribution in [0.4, 0.5) is 15.0 Å². The number of nitrogens with zero attached hydrogens (tertiary/aromatic N) is 6. The molecule has 0 bridgehead atoms. The molecule has 0 radical (unpaired) electrons. The smallest absolute Gasteiger partial charge is 0.111 e. The molecule has 0 aliphatic carbocycles. The van der Waals surface area contributed by atoms with Crippen molar-refractivity contribution in [3.63, 3.8) is 0 Å². The zero-order valence-corrected chi connectivity index (χ0v) is 25.0. The summed E-state index contributed by atoms with van der Waals surface area (Å²) in [6.45, 7) is 22.0. The molecule has 0 saturated carbocycles. The SMILES string of the molecule is CC(C)CN(c1cncs1)C(C)C.CC(C)N(C)c1cncs1.CCN(c1cncs1)C(C)C. The molecular weight excluding hydrogens is 481 g/mol. The highest BCUT2D eigenvalue weighted by atomic mass is 32.1. The van der Waals surface area contributed by atoms with Crippen molar-refractivity contribution >= 4 is 49.0 Å². The van der Waals surface area contributed by atoms with Crippen molar-refractivity contribution in [2.75, 3.05) is 34.8 Å². The van der Waals surface area contributed by atoms with Gasteiger partial charge < -0.3 is 14.7 Å². The first-order valence-electron chi connectivity index (χ1n) is 12.0. The lowest BCUT2D eigenvalue weighted by Crippen LogP contribution is -2.33. The number of thiazole rings is 3. The van der Waals surface area contributed by atoms with Crippen LogP contribution in [-0.4, -0.2) is 53.2 Å². The lowest BCUT2D eigenvalue weighted by atomic mass is 10.2. The maximum absolute atomic E-state index is 4.11. The van der Waals surface area contributed by atoms with Crippen LogP contribution in [0.3, 0.4) is 0 Å². The van der Waals surface area contributed by atoms with Crippen LogP contribution in [0.15, 0.2) is 35.1 Å². The monoisotopic (exact) mass is 524 g/mol. The molecule has 0 unspecified atom stereocenters. The highest BCUT2D eigenvalue weighted by Crippen LogP contribution is 2.23. The van der Waals surface area contributed by atoms with Gasteiger partial charge in [-0.2, -0.15) is 0 Å². The molecule has 0 N–H and O–H groups in total. The van der Waals surface area contributed by atoms with Crippen LogP contribution in [0.5, 0.6) is 0 Å². The van der Waals surface area contributed by atoms with Gasteiger partial charge in [-0.05, 0) is 54.4 Å². The molecule has 0 aliphatic heterocycles. The molecule has 0 aliphatic rings. The van der Waals surface area contributed by atoms with Gasteiger partial charge in [-0.3, -0.25) is 15.0 Å². The van der Waals surface area contributed by atoms with Crippen LogP contribution in [-0.2, 0) is 0 Å². The summed E-state index contributed by atoms with van der Waals surface area (Å²) in [6.07, 6.45) is 5.77. The fourth-order valence-corrected chi connectivity index (χ4v) is 5.39. The van der Waals surface area contributed by atoms with Gasteiger partial charge in [-0.1, -0.05) is 13.8 Å². The lowest BCUT2D eigenvalue weighted by molar-refractivity contribution is 0.574. The normalized spacial score (nSPS) is 10.8. The summed E-state index contributed by atoms with van der Waals surface area (Å²) in [5.74, 6) is 0.699. The first kappa shape index (κ1) is 30.3. The second kappa shape index (κ2) is 16.1. The molecule has 0 aromatic carbocycles. The van der Waals surface area contributed by atoms with Crippen molar-refractivity contribution in [2.24, 2.45) is 5.92 Å². The Kier molecular flexibility index (Phi) is 14.3. The van der Waals surface area contributed by atoms with E-state index < -0.39 is 0 Å². The summed E-state index contributed by atoms with van der Waals surface area (Å²) in [5.41, 5.74) is 5.62. The molecule has 6 nitrogen and oxygen atoms in total. The van der Waals surface area contributed by atoms with Gasteiger partial charge in [0.1, 0.15) is 15.0 Å². The Balaban J connectivity index is 0.000000257. The fourth-order valence-electron chi connectivity index (χ4n) is 3.06. The Bertz CT molecular complexity index is 830. The van der Waals surface area contributed by atoms with Crippen molar-refractivity contribution in [1.82, 2.24) is 15.0 Å². The molecule has 34 heavy (non-hydrogen) atoms. The van der Waals surface area contributed by atoms with Gasteiger partial charge in [0.15, 0.2) is 0 Å². The molecule has 3 aromatic rings. The summed E-state index contributed by atoms with van der Waals surface area (Å²) in [4.78, 5) is 19.1. The highest BCUT2D eigenvalue weighted by molar-refractivity contribution is 7.14. The average Bonchev–Trinajstić information content (AvgIpc) is 3.56. The van der Waals surface area contributed by atoms with Crippen molar-refractivity contribution in [3.8, 4) is 0 Å². The minimum absolute atomic E-state index is 0.556. The fraction of sp³-hybridized carbons (Fsp3) is 0.640. The van der Waals surface area contributed by atoms with Gasteiger partial charge in [0.2, 0.25) is 0 Å². The third-order valence-electron chi connectivity index (χ3n) is 5.10. The maximum Gasteiger partial charge on any atom is 0.111 e. The zero-order chi connectivity index (χ0) is 25.7. The average molecular weight is 525 g/mol. The first-order valence-corrected chi connectivity index (χ1v) is 14.6. The van der Waals surface area contributed by atoms with E-state index in [9.17, 15) is 0 Å². The third kappa shape index (κ3) is 10.7. The first-order chi connectivity index (χ1) is 16.1. The second-order valence-corrected chi connectivity index (χ2v) is 11.8. The topological polar surface area (TPSA) is 48.4 Å². The zero-order valence-electron chi connectivity index (χ0n) is 22.6. The molecule has 0 atom stereocenters. The lowest BCUT2D eigenvalue weighted by Gasteiger charge is -2.28. The van der Waals surface area contributed by atoms with Crippen molar-refractivity contribution in [2.45, 2.75) is 80.4 Å². The van der Waals surface area contributed by atoms with Crippen LogP contribution in [0.25, 0.3) is 0 Å². The van der Waals surface area contributed by atoms with Gasteiger partial charge in [0.25, 0.3) is 0 Å². The number of anilines is 3. The Labute approximate surface area is 219 Å².